The van der Waals surface area contributed by atoms with Crippen molar-refractivity contribution < 1.29 is 25.4 Å². The van der Waals surface area contributed by atoms with Gasteiger partial charge in [-0.25, -0.2) is 0 Å². The topological polar surface area (TPSA) is 33.1 Å². The first-order valence-corrected chi connectivity index (χ1v) is 6.31. The maximum atomic E-state index is 9.71. The van der Waals surface area contributed by atoms with Crippen LogP contribution in [0.4, 0.5) is 0 Å². The zero-order valence-corrected chi connectivity index (χ0v) is 12.0. The first kappa shape index (κ1) is 14.7. The van der Waals surface area contributed by atoms with Crippen LogP contribution in [0, 0.1) is 13.8 Å². The van der Waals surface area contributed by atoms with Gasteiger partial charge in [0.1, 0.15) is 5.75 Å². The molecular formula is C17H16LiNO. The third-order valence-corrected chi connectivity index (χ3v) is 3.48. The van der Waals surface area contributed by atoms with Crippen LogP contribution in [0.2, 0.25) is 0 Å². The number of fused-ring (bicyclic) bond motifs is 1. The van der Waals surface area contributed by atoms with E-state index in [1.165, 1.54) is 16.7 Å². The van der Waals surface area contributed by atoms with E-state index in [1.54, 1.807) is 12.1 Å². The standard InChI is InChI=1S/C17H15NO.Li.H/c1-11-4-3-5-12(2)17(11)14-8-9-18-16-7-6-13(19)10-15(14)16;;/h3-10,19H,1-2H3;;/q;+1;-1. The number of aryl methyl sites for hydroxylation is 2. The quantitative estimate of drug-likeness (QED) is 0.667. The summed E-state index contributed by atoms with van der Waals surface area (Å²) in [6, 6.07) is 13.6. The molecule has 96 valence electrons. The van der Waals surface area contributed by atoms with Gasteiger partial charge in [0.15, 0.2) is 0 Å². The van der Waals surface area contributed by atoms with Crippen molar-refractivity contribution in [3.05, 3.63) is 59.8 Å². The first-order valence-electron chi connectivity index (χ1n) is 6.31. The summed E-state index contributed by atoms with van der Waals surface area (Å²) in [5.41, 5.74) is 5.71. The van der Waals surface area contributed by atoms with Crippen molar-refractivity contribution in [2.24, 2.45) is 0 Å². The molecule has 0 fully saturated rings. The number of hydrogen-bond donors (Lipinski definition) is 1. The van der Waals surface area contributed by atoms with Crippen molar-refractivity contribution in [3.63, 3.8) is 0 Å². The van der Waals surface area contributed by atoms with Crippen LogP contribution in [0.15, 0.2) is 48.7 Å². The second-order valence-electron chi connectivity index (χ2n) is 4.83. The molecule has 0 radical (unpaired) electrons. The van der Waals surface area contributed by atoms with Crippen LogP contribution in [0.5, 0.6) is 5.75 Å². The number of phenolic OH excluding ortho intramolecular Hbond substituents is 1. The Kier molecular flexibility index (Phi) is 4.18. The van der Waals surface area contributed by atoms with Crippen molar-refractivity contribution in [2.75, 3.05) is 0 Å². The average Bonchev–Trinajstić information content (AvgIpc) is 2.39. The molecule has 3 rings (SSSR count). The normalized spacial score (nSPS) is 10.3. The van der Waals surface area contributed by atoms with Gasteiger partial charge in [0.2, 0.25) is 0 Å². The van der Waals surface area contributed by atoms with E-state index >= 15 is 0 Å². The Hall–Kier alpha value is -1.75. The number of hydrogen-bond acceptors (Lipinski definition) is 2. The van der Waals surface area contributed by atoms with Crippen LogP contribution >= 0.6 is 0 Å². The van der Waals surface area contributed by atoms with Gasteiger partial charge in [0.25, 0.3) is 0 Å². The predicted octanol–water partition coefficient (Wildman–Crippen LogP) is 1.34. The minimum absolute atomic E-state index is 0. The van der Waals surface area contributed by atoms with E-state index in [-0.39, 0.29) is 26.0 Å². The molecule has 0 aliphatic rings. The van der Waals surface area contributed by atoms with E-state index in [0.717, 1.165) is 16.5 Å². The summed E-state index contributed by atoms with van der Waals surface area (Å²) >= 11 is 0. The molecule has 0 saturated heterocycles. The minimum Gasteiger partial charge on any atom is -1.00 e. The van der Waals surface area contributed by atoms with E-state index in [1.807, 2.05) is 18.3 Å². The van der Waals surface area contributed by atoms with Gasteiger partial charge in [-0.05, 0) is 60.4 Å². The second-order valence-corrected chi connectivity index (χ2v) is 4.83. The van der Waals surface area contributed by atoms with Crippen LogP contribution < -0.4 is 18.9 Å². The molecule has 0 unspecified atom stereocenters. The van der Waals surface area contributed by atoms with Gasteiger partial charge in [0.05, 0.1) is 5.52 Å². The molecule has 0 spiro atoms. The van der Waals surface area contributed by atoms with Crippen LogP contribution in [0.1, 0.15) is 12.6 Å². The maximum Gasteiger partial charge on any atom is 1.00 e. The molecule has 0 bridgehead atoms. The molecule has 3 heteroatoms. The minimum atomic E-state index is 0. The van der Waals surface area contributed by atoms with E-state index in [0.29, 0.717) is 0 Å². The number of pyridine rings is 1. The molecule has 1 heterocycles. The smallest absolute Gasteiger partial charge is 1.00 e. The average molecular weight is 257 g/mol. The third kappa shape index (κ3) is 2.45. The third-order valence-electron chi connectivity index (χ3n) is 3.48. The first-order chi connectivity index (χ1) is 9.16. The van der Waals surface area contributed by atoms with Crippen molar-refractivity contribution in [1.82, 2.24) is 4.98 Å². The van der Waals surface area contributed by atoms with Gasteiger partial charge in [-0.2, -0.15) is 0 Å². The van der Waals surface area contributed by atoms with Crippen LogP contribution in [0.3, 0.4) is 0 Å². The SMILES string of the molecule is Cc1cccc(C)c1-c1ccnc2ccc(O)cc12.[H-].[Li+]. The van der Waals surface area contributed by atoms with E-state index in [2.05, 4.69) is 37.0 Å². The molecule has 0 atom stereocenters. The molecule has 20 heavy (non-hydrogen) atoms. The molecule has 0 amide bonds. The van der Waals surface area contributed by atoms with Crippen molar-refractivity contribution in [3.8, 4) is 16.9 Å². The number of rotatable bonds is 1. The van der Waals surface area contributed by atoms with Crippen molar-refractivity contribution >= 4 is 10.9 Å². The summed E-state index contributed by atoms with van der Waals surface area (Å²) in [6.07, 6.45) is 1.82. The molecule has 2 nitrogen and oxygen atoms in total. The molecule has 3 aromatic rings. The fourth-order valence-corrected chi connectivity index (χ4v) is 2.59. The fraction of sp³-hybridized carbons (Fsp3) is 0.118. The number of aromatic nitrogens is 1. The zero-order valence-electron chi connectivity index (χ0n) is 13.0. The number of benzene rings is 2. The fourth-order valence-electron chi connectivity index (χ4n) is 2.59. The van der Waals surface area contributed by atoms with Gasteiger partial charge in [0, 0.05) is 11.6 Å². The van der Waals surface area contributed by atoms with E-state index in [9.17, 15) is 5.11 Å². The summed E-state index contributed by atoms with van der Waals surface area (Å²) < 4.78 is 0. The molecule has 0 aliphatic carbocycles. The Labute approximate surface area is 132 Å². The van der Waals surface area contributed by atoms with Crippen LogP contribution in [-0.2, 0) is 0 Å². The molecule has 2 aromatic carbocycles. The zero-order chi connectivity index (χ0) is 13.4. The Bertz CT molecular complexity index is 754. The molecule has 0 saturated carbocycles. The number of phenols is 1. The Morgan fingerprint density at radius 3 is 2.40 bits per heavy atom. The Morgan fingerprint density at radius 2 is 1.70 bits per heavy atom. The van der Waals surface area contributed by atoms with Gasteiger partial charge in [-0.1, -0.05) is 18.2 Å². The monoisotopic (exact) mass is 257 g/mol. The van der Waals surface area contributed by atoms with Gasteiger partial charge < -0.3 is 6.53 Å². The van der Waals surface area contributed by atoms with Gasteiger partial charge in [-0.15, -0.1) is 0 Å². The number of aromatic hydroxyl groups is 1. The van der Waals surface area contributed by atoms with Crippen molar-refractivity contribution in [2.45, 2.75) is 13.8 Å². The second kappa shape index (κ2) is 5.71. The van der Waals surface area contributed by atoms with E-state index in [4.69, 9.17) is 0 Å². The van der Waals surface area contributed by atoms with Crippen LogP contribution in [-0.4, -0.2) is 10.1 Å². The van der Waals surface area contributed by atoms with E-state index < -0.39 is 0 Å². The summed E-state index contributed by atoms with van der Waals surface area (Å²) in [7, 11) is 0. The predicted molar refractivity (Wildman–Crippen MR) is 79.4 cm³/mol. The van der Waals surface area contributed by atoms with Crippen molar-refractivity contribution in [1.29, 1.82) is 0 Å². The summed E-state index contributed by atoms with van der Waals surface area (Å²) in [5.74, 6) is 0.271. The molecule has 1 aromatic heterocycles. The van der Waals surface area contributed by atoms with Gasteiger partial charge in [-0.3, -0.25) is 4.98 Å². The molecule has 0 aliphatic heterocycles. The molecular weight excluding hydrogens is 241 g/mol. The van der Waals surface area contributed by atoms with Gasteiger partial charge >= 0.3 is 18.9 Å². The Morgan fingerprint density at radius 1 is 1.00 bits per heavy atom. The summed E-state index contributed by atoms with van der Waals surface area (Å²) in [4.78, 5) is 4.36. The summed E-state index contributed by atoms with van der Waals surface area (Å²) in [5, 5.41) is 10.7. The summed E-state index contributed by atoms with van der Waals surface area (Å²) in [6.45, 7) is 4.22. The van der Waals surface area contributed by atoms with Crippen LogP contribution in [0.25, 0.3) is 22.0 Å². The Balaban J connectivity index is 0.00000110. The number of nitrogens with zero attached hydrogens (tertiary/aromatic N) is 1. The maximum absolute atomic E-state index is 9.71. The molecule has 1 N–H and O–H groups in total. The largest absolute Gasteiger partial charge is 1.00 e.